The fourth-order valence-electron chi connectivity index (χ4n) is 2.96. The van der Waals surface area contributed by atoms with E-state index in [0.29, 0.717) is 5.02 Å². The molecule has 3 aromatic carbocycles. The Bertz CT molecular complexity index is 813. The van der Waals surface area contributed by atoms with E-state index in [1.54, 1.807) is 6.07 Å². The lowest BCUT2D eigenvalue weighted by Crippen LogP contribution is -2.21. The number of hydrogen-bond donors (Lipinski definition) is 1. The summed E-state index contributed by atoms with van der Waals surface area (Å²) in [6.45, 7) is 0. The maximum absolute atomic E-state index is 10.5. The predicted molar refractivity (Wildman–Crippen MR) is 92.6 cm³/mol. The van der Waals surface area contributed by atoms with E-state index in [9.17, 15) is 5.11 Å². The molecule has 0 fully saturated rings. The van der Waals surface area contributed by atoms with Crippen LogP contribution in [0.25, 0.3) is 10.8 Å². The number of rotatable bonds is 3. The largest absolute Gasteiger partial charge is 0.508 e. The van der Waals surface area contributed by atoms with Gasteiger partial charge in [-0.05, 0) is 42.6 Å². The van der Waals surface area contributed by atoms with Crippen LogP contribution in [-0.4, -0.2) is 24.1 Å². The molecule has 0 spiro atoms. The number of aromatic hydroxyl groups is 1. The lowest BCUT2D eigenvalue weighted by atomic mass is 9.92. The van der Waals surface area contributed by atoms with Gasteiger partial charge in [0.2, 0.25) is 0 Å². The van der Waals surface area contributed by atoms with Crippen molar-refractivity contribution in [1.82, 2.24) is 4.90 Å². The van der Waals surface area contributed by atoms with Gasteiger partial charge in [0.15, 0.2) is 0 Å². The Balaban J connectivity index is 2.31. The fraction of sp³-hybridized carbons (Fsp3) is 0.158. The van der Waals surface area contributed by atoms with Gasteiger partial charge in [-0.25, -0.2) is 0 Å². The Morgan fingerprint density at radius 3 is 2.32 bits per heavy atom. The van der Waals surface area contributed by atoms with Crippen LogP contribution in [0, 0.1) is 0 Å². The molecule has 1 N–H and O–H groups in total. The number of hydrogen-bond acceptors (Lipinski definition) is 2. The predicted octanol–water partition coefficient (Wildman–Crippen LogP) is 4.85. The Morgan fingerprint density at radius 2 is 1.59 bits per heavy atom. The molecule has 0 heterocycles. The third-order valence-corrected chi connectivity index (χ3v) is 4.28. The first-order valence-electron chi connectivity index (χ1n) is 7.21. The molecular formula is C19H18ClNO. The fourth-order valence-corrected chi connectivity index (χ4v) is 3.20. The topological polar surface area (TPSA) is 23.5 Å². The Kier molecular flexibility index (Phi) is 4.06. The molecule has 112 valence electrons. The highest BCUT2D eigenvalue weighted by molar-refractivity contribution is 6.31. The van der Waals surface area contributed by atoms with E-state index < -0.39 is 0 Å². The lowest BCUT2D eigenvalue weighted by Gasteiger charge is -2.28. The van der Waals surface area contributed by atoms with Gasteiger partial charge in [0.1, 0.15) is 5.75 Å². The second kappa shape index (κ2) is 5.99. The van der Waals surface area contributed by atoms with Crippen LogP contribution < -0.4 is 0 Å². The van der Waals surface area contributed by atoms with E-state index in [-0.39, 0.29) is 11.8 Å². The van der Waals surface area contributed by atoms with Crippen molar-refractivity contribution in [2.45, 2.75) is 6.04 Å². The van der Waals surface area contributed by atoms with Gasteiger partial charge in [-0.1, -0.05) is 60.1 Å². The summed E-state index contributed by atoms with van der Waals surface area (Å²) in [7, 11) is 3.99. The Hall–Kier alpha value is -2.03. The normalized spacial score (nSPS) is 12.7. The molecule has 2 nitrogen and oxygen atoms in total. The van der Waals surface area contributed by atoms with Crippen molar-refractivity contribution in [2.75, 3.05) is 14.1 Å². The number of benzene rings is 3. The van der Waals surface area contributed by atoms with Crippen LogP contribution >= 0.6 is 11.6 Å². The van der Waals surface area contributed by atoms with Crippen LogP contribution in [0.4, 0.5) is 0 Å². The summed E-state index contributed by atoms with van der Waals surface area (Å²) < 4.78 is 0. The molecule has 0 saturated heterocycles. The molecular weight excluding hydrogens is 294 g/mol. The molecule has 3 aromatic rings. The molecule has 0 amide bonds. The van der Waals surface area contributed by atoms with Crippen molar-refractivity contribution in [3.05, 3.63) is 76.8 Å². The lowest BCUT2D eigenvalue weighted by molar-refractivity contribution is 0.334. The summed E-state index contributed by atoms with van der Waals surface area (Å²) in [6, 6.07) is 19.5. The molecule has 3 heteroatoms. The minimum absolute atomic E-state index is 0.111. The van der Waals surface area contributed by atoms with Crippen molar-refractivity contribution in [2.24, 2.45) is 0 Å². The molecule has 0 bridgehead atoms. The Labute approximate surface area is 135 Å². The first-order valence-corrected chi connectivity index (χ1v) is 7.59. The summed E-state index contributed by atoms with van der Waals surface area (Å²) in [4.78, 5) is 2.07. The monoisotopic (exact) mass is 311 g/mol. The highest BCUT2D eigenvalue weighted by Crippen LogP contribution is 2.40. The number of nitrogens with zero attached hydrogens (tertiary/aromatic N) is 1. The van der Waals surface area contributed by atoms with Crippen LogP contribution in [0.15, 0.2) is 60.7 Å². The van der Waals surface area contributed by atoms with E-state index in [1.807, 2.05) is 62.6 Å². The van der Waals surface area contributed by atoms with E-state index in [2.05, 4.69) is 11.0 Å². The maximum atomic E-state index is 10.5. The molecule has 0 saturated carbocycles. The second-order valence-corrected chi connectivity index (χ2v) is 6.01. The average molecular weight is 312 g/mol. The third kappa shape index (κ3) is 2.56. The molecule has 3 rings (SSSR count). The second-order valence-electron chi connectivity index (χ2n) is 5.61. The van der Waals surface area contributed by atoms with Crippen molar-refractivity contribution in [3.63, 3.8) is 0 Å². The third-order valence-electron chi connectivity index (χ3n) is 3.94. The number of halogens is 1. The molecule has 22 heavy (non-hydrogen) atoms. The van der Waals surface area contributed by atoms with E-state index in [0.717, 1.165) is 21.9 Å². The maximum Gasteiger partial charge on any atom is 0.121 e. The smallest absolute Gasteiger partial charge is 0.121 e. The molecule has 0 aliphatic carbocycles. The first kappa shape index (κ1) is 14.9. The van der Waals surface area contributed by atoms with Crippen molar-refractivity contribution >= 4 is 22.4 Å². The molecule has 0 aliphatic heterocycles. The van der Waals surface area contributed by atoms with Crippen LogP contribution in [0.5, 0.6) is 5.75 Å². The molecule has 1 unspecified atom stereocenters. The Morgan fingerprint density at radius 1 is 0.909 bits per heavy atom. The van der Waals surface area contributed by atoms with Gasteiger partial charge in [-0.3, -0.25) is 4.90 Å². The quantitative estimate of drug-likeness (QED) is 0.747. The summed E-state index contributed by atoms with van der Waals surface area (Å²) >= 11 is 6.41. The van der Waals surface area contributed by atoms with E-state index in [4.69, 9.17) is 11.6 Å². The zero-order valence-electron chi connectivity index (χ0n) is 12.6. The summed E-state index contributed by atoms with van der Waals surface area (Å²) in [5.41, 5.74) is 1.87. The van der Waals surface area contributed by atoms with Gasteiger partial charge >= 0.3 is 0 Å². The van der Waals surface area contributed by atoms with Crippen molar-refractivity contribution in [1.29, 1.82) is 0 Å². The average Bonchev–Trinajstić information content (AvgIpc) is 2.51. The van der Waals surface area contributed by atoms with Gasteiger partial charge in [-0.2, -0.15) is 0 Å². The highest BCUT2D eigenvalue weighted by Gasteiger charge is 2.24. The zero-order chi connectivity index (χ0) is 15.7. The minimum atomic E-state index is -0.111. The van der Waals surface area contributed by atoms with E-state index in [1.165, 1.54) is 0 Å². The van der Waals surface area contributed by atoms with Gasteiger partial charge < -0.3 is 5.11 Å². The van der Waals surface area contributed by atoms with Crippen molar-refractivity contribution in [3.8, 4) is 5.75 Å². The summed E-state index contributed by atoms with van der Waals surface area (Å²) in [5.74, 6) is 0.289. The molecule has 0 aliphatic rings. The van der Waals surface area contributed by atoms with Crippen LogP contribution in [0.1, 0.15) is 17.2 Å². The van der Waals surface area contributed by atoms with Gasteiger partial charge in [0.05, 0.1) is 6.04 Å². The minimum Gasteiger partial charge on any atom is -0.508 e. The zero-order valence-corrected chi connectivity index (χ0v) is 13.4. The first-order chi connectivity index (χ1) is 10.6. The molecule has 1 atom stereocenters. The van der Waals surface area contributed by atoms with Gasteiger partial charge in [0, 0.05) is 10.6 Å². The van der Waals surface area contributed by atoms with Crippen molar-refractivity contribution < 1.29 is 5.11 Å². The van der Waals surface area contributed by atoms with Gasteiger partial charge in [-0.15, -0.1) is 0 Å². The summed E-state index contributed by atoms with van der Waals surface area (Å²) in [6.07, 6.45) is 0. The van der Waals surface area contributed by atoms with Gasteiger partial charge in [0.25, 0.3) is 0 Å². The van der Waals surface area contributed by atoms with Crippen LogP contribution in [0.2, 0.25) is 5.02 Å². The highest BCUT2D eigenvalue weighted by atomic mass is 35.5. The standard InChI is InChI=1S/C19H18ClNO/c1-21(2)19(15-9-5-6-10-16(15)20)18-14-8-4-3-7-13(14)11-12-17(18)22/h3-12,19,22H,1-2H3. The van der Waals surface area contributed by atoms with Crippen LogP contribution in [0.3, 0.4) is 0 Å². The van der Waals surface area contributed by atoms with Crippen LogP contribution in [-0.2, 0) is 0 Å². The summed E-state index contributed by atoms with van der Waals surface area (Å²) in [5, 5.41) is 13.4. The molecule has 0 aromatic heterocycles. The number of phenols is 1. The number of fused-ring (bicyclic) bond motifs is 1. The number of phenolic OH excluding ortho intramolecular Hbond substituents is 1. The van der Waals surface area contributed by atoms with E-state index >= 15 is 0 Å². The molecule has 0 radical (unpaired) electrons. The SMILES string of the molecule is CN(C)C(c1ccccc1Cl)c1c(O)ccc2ccccc12.